The Labute approximate surface area is 129 Å². The minimum absolute atomic E-state index is 0.683. The first kappa shape index (κ1) is 14.4. The lowest BCUT2D eigenvalue weighted by Crippen LogP contribution is -2.31. The van der Waals surface area contributed by atoms with E-state index in [2.05, 4.69) is 38.6 Å². The lowest BCUT2D eigenvalue weighted by molar-refractivity contribution is 0.373. The van der Waals surface area contributed by atoms with Crippen LogP contribution in [-0.4, -0.2) is 28.0 Å². The zero-order valence-corrected chi connectivity index (χ0v) is 13.3. The number of anilines is 2. The molecule has 0 aromatic carbocycles. The van der Waals surface area contributed by atoms with E-state index in [0.717, 1.165) is 42.0 Å². The molecule has 1 atom stereocenters. The summed E-state index contributed by atoms with van der Waals surface area (Å²) in [5.74, 6) is 2.34. The van der Waals surface area contributed by atoms with Crippen LogP contribution in [0.25, 0.3) is 0 Å². The van der Waals surface area contributed by atoms with Gasteiger partial charge in [0.25, 0.3) is 0 Å². The topological polar surface area (TPSA) is 62.7 Å². The second-order valence-electron chi connectivity index (χ2n) is 5.61. The molecule has 1 saturated heterocycles. The molecule has 2 aromatic heterocycles. The molecule has 112 valence electrons. The van der Waals surface area contributed by atoms with Gasteiger partial charge in [-0.25, -0.2) is 15.0 Å². The van der Waals surface area contributed by atoms with Gasteiger partial charge in [-0.15, -0.1) is 11.3 Å². The Balaban J connectivity index is 1.72. The van der Waals surface area contributed by atoms with Gasteiger partial charge >= 0.3 is 0 Å². The molecule has 0 radical (unpaired) electrons. The van der Waals surface area contributed by atoms with Crippen molar-refractivity contribution in [2.75, 3.05) is 18.4 Å². The highest BCUT2D eigenvalue weighted by molar-refractivity contribution is 7.15. The van der Waals surface area contributed by atoms with Gasteiger partial charge in [0, 0.05) is 22.8 Å². The molecule has 1 fully saturated rings. The largest absolute Gasteiger partial charge is 0.316 e. The van der Waals surface area contributed by atoms with Crippen molar-refractivity contribution >= 4 is 22.3 Å². The van der Waals surface area contributed by atoms with Crippen molar-refractivity contribution in [1.29, 1.82) is 0 Å². The summed E-state index contributed by atoms with van der Waals surface area (Å²) in [4.78, 5) is 14.6. The Morgan fingerprint density at radius 3 is 3.00 bits per heavy atom. The predicted octanol–water partition coefficient (Wildman–Crippen LogP) is 2.84. The van der Waals surface area contributed by atoms with E-state index in [1.165, 1.54) is 17.7 Å². The minimum atomic E-state index is 0.683. The van der Waals surface area contributed by atoms with Crippen LogP contribution in [-0.2, 0) is 6.42 Å². The molecule has 2 N–H and O–H groups in total. The van der Waals surface area contributed by atoms with Crippen LogP contribution in [0.15, 0.2) is 12.3 Å². The molecular weight excluding hydrogens is 282 g/mol. The molecule has 3 heterocycles. The number of nitrogens with one attached hydrogen (secondary N) is 2. The van der Waals surface area contributed by atoms with Crippen molar-refractivity contribution < 1.29 is 0 Å². The van der Waals surface area contributed by atoms with Gasteiger partial charge in [-0.3, -0.25) is 0 Å². The van der Waals surface area contributed by atoms with Crippen LogP contribution >= 0.6 is 11.3 Å². The summed E-state index contributed by atoms with van der Waals surface area (Å²) in [6.45, 7) is 6.24. The summed E-state index contributed by atoms with van der Waals surface area (Å²) < 4.78 is 0. The van der Waals surface area contributed by atoms with E-state index in [9.17, 15) is 0 Å². The van der Waals surface area contributed by atoms with Gasteiger partial charge in [-0.1, -0.05) is 0 Å². The molecule has 6 heteroatoms. The van der Waals surface area contributed by atoms with Crippen molar-refractivity contribution in [2.45, 2.75) is 33.1 Å². The zero-order valence-electron chi connectivity index (χ0n) is 12.5. The fraction of sp³-hybridized carbons (Fsp3) is 0.533. The van der Waals surface area contributed by atoms with Gasteiger partial charge < -0.3 is 10.6 Å². The number of nitrogens with zero attached hydrogens (tertiary/aromatic N) is 3. The van der Waals surface area contributed by atoms with Crippen LogP contribution in [0.5, 0.6) is 0 Å². The highest BCUT2D eigenvalue weighted by Crippen LogP contribution is 2.22. The third kappa shape index (κ3) is 3.98. The SMILES string of the molecule is Cc1nc(C[C@@H]2CCCNC2)cc(Nc2ncc(C)s2)n1. The van der Waals surface area contributed by atoms with E-state index in [-0.39, 0.29) is 0 Å². The molecule has 5 nitrogen and oxygen atoms in total. The Hall–Kier alpha value is -1.53. The molecule has 2 aromatic rings. The summed E-state index contributed by atoms with van der Waals surface area (Å²) in [6.07, 6.45) is 5.43. The maximum atomic E-state index is 4.58. The van der Waals surface area contributed by atoms with Crippen LogP contribution in [0.2, 0.25) is 0 Å². The van der Waals surface area contributed by atoms with Gasteiger partial charge in [-0.05, 0) is 52.1 Å². The average molecular weight is 303 g/mol. The zero-order chi connectivity index (χ0) is 14.7. The highest BCUT2D eigenvalue weighted by atomic mass is 32.1. The molecular formula is C15H21N5S. The third-order valence-corrected chi connectivity index (χ3v) is 4.47. The fourth-order valence-electron chi connectivity index (χ4n) is 2.71. The summed E-state index contributed by atoms with van der Waals surface area (Å²) in [6, 6.07) is 2.05. The standard InChI is InChI=1S/C15H21N5S/c1-10-8-17-15(21-10)20-14-7-13(18-11(2)19-14)6-12-4-3-5-16-9-12/h7-8,12,16H,3-6,9H2,1-2H3,(H,17,18,19,20)/t12-/m0/s1. The van der Waals surface area contributed by atoms with E-state index >= 15 is 0 Å². The summed E-state index contributed by atoms with van der Waals surface area (Å²) in [5.41, 5.74) is 1.12. The molecule has 0 amide bonds. The van der Waals surface area contributed by atoms with E-state index in [1.54, 1.807) is 11.3 Å². The second kappa shape index (κ2) is 6.49. The second-order valence-corrected chi connectivity index (χ2v) is 6.84. The van der Waals surface area contributed by atoms with Crippen molar-refractivity contribution in [2.24, 2.45) is 5.92 Å². The Kier molecular flexibility index (Phi) is 4.45. The smallest absolute Gasteiger partial charge is 0.188 e. The number of thiazole rings is 1. The number of rotatable bonds is 4. The first-order valence-corrected chi connectivity index (χ1v) is 8.25. The number of aryl methyl sites for hydroxylation is 2. The average Bonchev–Trinajstić information content (AvgIpc) is 2.84. The Bertz CT molecular complexity index is 604. The first-order chi connectivity index (χ1) is 10.2. The lowest BCUT2D eigenvalue weighted by atomic mass is 9.94. The molecule has 0 bridgehead atoms. The van der Waals surface area contributed by atoms with E-state index in [0.29, 0.717) is 5.92 Å². The number of hydrogen-bond donors (Lipinski definition) is 2. The fourth-order valence-corrected chi connectivity index (χ4v) is 3.39. The molecule has 0 spiro atoms. The lowest BCUT2D eigenvalue weighted by Gasteiger charge is -2.22. The first-order valence-electron chi connectivity index (χ1n) is 7.44. The molecule has 0 saturated carbocycles. The van der Waals surface area contributed by atoms with Crippen LogP contribution in [0.1, 0.15) is 29.2 Å². The van der Waals surface area contributed by atoms with Gasteiger partial charge in [0.05, 0.1) is 0 Å². The van der Waals surface area contributed by atoms with Crippen LogP contribution < -0.4 is 10.6 Å². The predicted molar refractivity (Wildman–Crippen MR) is 86.2 cm³/mol. The van der Waals surface area contributed by atoms with Crippen molar-refractivity contribution in [3.63, 3.8) is 0 Å². The highest BCUT2D eigenvalue weighted by Gasteiger charge is 2.15. The monoisotopic (exact) mass is 303 g/mol. The molecule has 1 aliphatic rings. The van der Waals surface area contributed by atoms with Crippen LogP contribution in [0, 0.1) is 19.8 Å². The molecule has 1 aliphatic heterocycles. The van der Waals surface area contributed by atoms with Crippen molar-refractivity contribution in [1.82, 2.24) is 20.3 Å². The maximum Gasteiger partial charge on any atom is 0.188 e. The summed E-state index contributed by atoms with van der Waals surface area (Å²) in [5, 5.41) is 7.63. The quantitative estimate of drug-likeness (QED) is 0.909. The van der Waals surface area contributed by atoms with Gasteiger partial charge in [0.15, 0.2) is 5.13 Å². The number of piperidine rings is 1. The third-order valence-electron chi connectivity index (χ3n) is 3.64. The maximum absolute atomic E-state index is 4.58. The Morgan fingerprint density at radius 1 is 1.38 bits per heavy atom. The number of aromatic nitrogens is 3. The Morgan fingerprint density at radius 2 is 2.29 bits per heavy atom. The van der Waals surface area contributed by atoms with Crippen molar-refractivity contribution in [3.05, 3.63) is 28.7 Å². The van der Waals surface area contributed by atoms with Crippen LogP contribution in [0.3, 0.4) is 0 Å². The summed E-state index contributed by atoms with van der Waals surface area (Å²) in [7, 11) is 0. The summed E-state index contributed by atoms with van der Waals surface area (Å²) >= 11 is 1.64. The molecule has 3 rings (SSSR count). The molecule has 21 heavy (non-hydrogen) atoms. The van der Waals surface area contributed by atoms with Crippen molar-refractivity contribution in [3.8, 4) is 0 Å². The minimum Gasteiger partial charge on any atom is -0.316 e. The van der Waals surface area contributed by atoms with E-state index in [1.807, 2.05) is 13.1 Å². The van der Waals surface area contributed by atoms with E-state index in [4.69, 9.17) is 0 Å². The van der Waals surface area contributed by atoms with Gasteiger partial charge in [0.1, 0.15) is 11.6 Å². The van der Waals surface area contributed by atoms with Gasteiger partial charge in [-0.2, -0.15) is 0 Å². The van der Waals surface area contributed by atoms with Gasteiger partial charge in [0.2, 0.25) is 0 Å². The molecule has 0 unspecified atom stereocenters. The van der Waals surface area contributed by atoms with E-state index < -0.39 is 0 Å². The normalized spacial score (nSPS) is 18.7. The number of hydrogen-bond acceptors (Lipinski definition) is 6. The van der Waals surface area contributed by atoms with Crippen LogP contribution in [0.4, 0.5) is 10.9 Å². The molecule has 0 aliphatic carbocycles.